The van der Waals surface area contributed by atoms with Gasteiger partial charge in [-0.05, 0) is 29.8 Å². The zero-order chi connectivity index (χ0) is 18.9. The zero-order valence-electron chi connectivity index (χ0n) is 13.8. The summed E-state index contributed by atoms with van der Waals surface area (Å²) in [5.41, 5.74) is 0.703. The van der Waals surface area contributed by atoms with Gasteiger partial charge in [-0.3, -0.25) is 9.36 Å². The van der Waals surface area contributed by atoms with Gasteiger partial charge in [0.05, 0.1) is 11.1 Å². The Balaban J connectivity index is 1.72. The number of para-hydroxylation sites is 2. The number of benzene rings is 2. The van der Waals surface area contributed by atoms with E-state index in [1.54, 1.807) is 24.3 Å². The SMILES string of the molecule is CN(Cc1ccc(C(F)(F)F)cc1)C(=O)Cn1c(=O)oc2ccccc21. The molecule has 0 aliphatic carbocycles. The predicted molar refractivity (Wildman–Crippen MR) is 88.4 cm³/mol. The average Bonchev–Trinajstić information content (AvgIpc) is 2.90. The average molecular weight is 364 g/mol. The summed E-state index contributed by atoms with van der Waals surface area (Å²) in [7, 11) is 1.52. The van der Waals surface area contributed by atoms with Crippen LogP contribution in [0, 0.1) is 0 Å². The Morgan fingerprint density at radius 1 is 1.12 bits per heavy atom. The van der Waals surface area contributed by atoms with E-state index in [2.05, 4.69) is 0 Å². The van der Waals surface area contributed by atoms with Gasteiger partial charge in [0.15, 0.2) is 5.58 Å². The smallest absolute Gasteiger partial charge is 0.408 e. The second kappa shape index (κ2) is 6.70. The maximum Gasteiger partial charge on any atom is 0.420 e. The molecule has 0 aliphatic heterocycles. The van der Waals surface area contributed by atoms with E-state index in [-0.39, 0.29) is 19.0 Å². The number of nitrogens with zero attached hydrogens (tertiary/aromatic N) is 2. The first-order chi connectivity index (χ1) is 12.3. The highest BCUT2D eigenvalue weighted by Gasteiger charge is 2.30. The molecule has 26 heavy (non-hydrogen) atoms. The van der Waals surface area contributed by atoms with Crippen LogP contribution >= 0.6 is 0 Å². The highest BCUT2D eigenvalue weighted by Crippen LogP contribution is 2.29. The van der Waals surface area contributed by atoms with Gasteiger partial charge < -0.3 is 9.32 Å². The van der Waals surface area contributed by atoms with Crippen LogP contribution in [0.1, 0.15) is 11.1 Å². The lowest BCUT2D eigenvalue weighted by molar-refractivity contribution is -0.137. The van der Waals surface area contributed by atoms with Crippen molar-refractivity contribution in [2.75, 3.05) is 7.05 Å². The highest BCUT2D eigenvalue weighted by molar-refractivity contribution is 5.79. The molecule has 0 atom stereocenters. The molecule has 8 heteroatoms. The number of amides is 1. The van der Waals surface area contributed by atoms with Gasteiger partial charge in [-0.25, -0.2) is 4.79 Å². The number of oxazole rings is 1. The van der Waals surface area contributed by atoms with E-state index >= 15 is 0 Å². The third-order valence-corrected chi connectivity index (χ3v) is 3.99. The molecular formula is C18H15F3N2O3. The molecule has 0 saturated carbocycles. The van der Waals surface area contributed by atoms with Crippen molar-refractivity contribution in [2.24, 2.45) is 0 Å². The second-order valence-electron chi connectivity index (χ2n) is 5.87. The number of fused-ring (bicyclic) bond motifs is 1. The Bertz CT molecular complexity index is 987. The van der Waals surface area contributed by atoms with Gasteiger partial charge in [0.2, 0.25) is 5.91 Å². The first-order valence-corrected chi connectivity index (χ1v) is 7.74. The number of hydrogen-bond acceptors (Lipinski definition) is 3. The molecule has 136 valence electrons. The minimum Gasteiger partial charge on any atom is -0.408 e. The summed E-state index contributed by atoms with van der Waals surface area (Å²) in [4.78, 5) is 25.6. The van der Waals surface area contributed by atoms with Crippen LogP contribution in [-0.4, -0.2) is 22.4 Å². The maximum atomic E-state index is 12.6. The van der Waals surface area contributed by atoms with Crippen LogP contribution in [0.5, 0.6) is 0 Å². The van der Waals surface area contributed by atoms with E-state index in [1.807, 2.05) is 0 Å². The standard InChI is InChI=1S/C18H15F3N2O3/c1-22(10-12-6-8-13(9-7-12)18(19,20)21)16(24)11-23-14-4-2-3-5-15(14)26-17(23)25/h2-9H,10-11H2,1H3. The van der Waals surface area contributed by atoms with Crippen LogP contribution in [0.3, 0.4) is 0 Å². The lowest BCUT2D eigenvalue weighted by Gasteiger charge is -2.18. The molecule has 0 N–H and O–H groups in total. The van der Waals surface area contributed by atoms with Gasteiger partial charge in [0, 0.05) is 13.6 Å². The maximum absolute atomic E-state index is 12.6. The molecular weight excluding hydrogens is 349 g/mol. The number of rotatable bonds is 4. The van der Waals surface area contributed by atoms with Crippen LogP contribution in [0.25, 0.3) is 11.1 Å². The second-order valence-corrected chi connectivity index (χ2v) is 5.87. The van der Waals surface area contributed by atoms with E-state index in [1.165, 1.54) is 28.6 Å². The predicted octanol–water partition coefficient (Wildman–Crippen LogP) is 3.27. The van der Waals surface area contributed by atoms with Crippen molar-refractivity contribution in [2.45, 2.75) is 19.3 Å². The minimum atomic E-state index is -4.40. The van der Waals surface area contributed by atoms with Crippen molar-refractivity contribution < 1.29 is 22.4 Å². The number of carbonyl (C=O) groups is 1. The summed E-state index contributed by atoms with van der Waals surface area (Å²) in [6.45, 7) is -0.0888. The van der Waals surface area contributed by atoms with Crippen LogP contribution in [0.2, 0.25) is 0 Å². The first kappa shape index (κ1) is 17.8. The lowest BCUT2D eigenvalue weighted by Crippen LogP contribution is -2.32. The molecule has 5 nitrogen and oxygen atoms in total. The molecule has 2 aromatic carbocycles. The highest BCUT2D eigenvalue weighted by atomic mass is 19.4. The van der Waals surface area contributed by atoms with Crippen LogP contribution in [-0.2, 0) is 24.1 Å². The fraction of sp³-hybridized carbons (Fsp3) is 0.222. The zero-order valence-corrected chi connectivity index (χ0v) is 13.8. The number of halogens is 3. The van der Waals surface area contributed by atoms with E-state index in [0.29, 0.717) is 16.7 Å². The van der Waals surface area contributed by atoms with E-state index in [9.17, 15) is 22.8 Å². The Morgan fingerprint density at radius 2 is 1.77 bits per heavy atom. The van der Waals surface area contributed by atoms with Gasteiger partial charge in [-0.2, -0.15) is 13.2 Å². The normalized spacial score (nSPS) is 11.7. The lowest BCUT2D eigenvalue weighted by atomic mass is 10.1. The molecule has 1 amide bonds. The third kappa shape index (κ3) is 3.63. The Labute approximate surface area is 146 Å². The minimum absolute atomic E-state index is 0.126. The van der Waals surface area contributed by atoms with E-state index in [0.717, 1.165) is 12.1 Å². The fourth-order valence-electron chi connectivity index (χ4n) is 2.58. The van der Waals surface area contributed by atoms with E-state index in [4.69, 9.17) is 4.42 Å². The number of carbonyl (C=O) groups excluding carboxylic acids is 1. The van der Waals surface area contributed by atoms with Gasteiger partial charge in [0.1, 0.15) is 6.54 Å². The summed E-state index contributed by atoms with van der Waals surface area (Å²) >= 11 is 0. The summed E-state index contributed by atoms with van der Waals surface area (Å²) in [6.07, 6.45) is -4.40. The number of likely N-dealkylation sites (N-methyl/N-ethyl adjacent to an activating group) is 1. The van der Waals surface area contributed by atoms with Crippen molar-refractivity contribution in [3.63, 3.8) is 0 Å². The molecule has 0 bridgehead atoms. The molecule has 1 aromatic heterocycles. The first-order valence-electron chi connectivity index (χ1n) is 7.74. The van der Waals surface area contributed by atoms with Crippen molar-refractivity contribution in [1.82, 2.24) is 9.47 Å². The third-order valence-electron chi connectivity index (χ3n) is 3.99. The van der Waals surface area contributed by atoms with Crippen LogP contribution in [0.15, 0.2) is 57.7 Å². The number of aromatic nitrogens is 1. The molecule has 1 heterocycles. The van der Waals surface area contributed by atoms with Gasteiger partial charge in [0.25, 0.3) is 0 Å². The van der Waals surface area contributed by atoms with Gasteiger partial charge in [-0.1, -0.05) is 24.3 Å². The molecule has 0 fully saturated rings. The van der Waals surface area contributed by atoms with Crippen molar-refractivity contribution in [3.05, 3.63) is 70.2 Å². The summed E-state index contributed by atoms with van der Waals surface area (Å²) in [6, 6.07) is 11.3. The molecule has 0 radical (unpaired) electrons. The van der Waals surface area contributed by atoms with Crippen molar-refractivity contribution >= 4 is 17.0 Å². The molecule has 3 rings (SSSR count). The number of hydrogen-bond donors (Lipinski definition) is 0. The molecule has 0 spiro atoms. The van der Waals surface area contributed by atoms with Gasteiger partial charge >= 0.3 is 11.9 Å². The fourth-order valence-corrected chi connectivity index (χ4v) is 2.58. The number of alkyl halides is 3. The topological polar surface area (TPSA) is 55.5 Å². The Morgan fingerprint density at radius 3 is 2.42 bits per heavy atom. The largest absolute Gasteiger partial charge is 0.420 e. The molecule has 0 aliphatic rings. The molecule has 0 unspecified atom stereocenters. The monoisotopic (exact) mass is 364 g/mol. The molecule has 3 aromatic rings. The van der Waals surface area contributed by atoms with Crippen LogP contribution < -0.4 is 5.76 Å². The van der Waals surface area contributed by atoms with Crippen molar-refractivity contribution in [1.29, 1.82) is 0 Å². The summed E-state index contributed by atoms with van der Waals surface area (Å²) < 4.78 is 44.0. The Kier molecular flexibility index (Phi) is 4.58. The Hall–Kier alpha value is -3.03. The van der Waals surface area contributed by atoms with E-state index < -0.39 is 17.5 Å². The molecule has 0 saturated heterocycles. The van der Waals surface area contributed by atoms with Gasteiger partial charge in [-0.15, -0.1) is 0 Å². The summed E-state index contributed by atoms with van der Waals surface area (Å²) in [5.74, 6) is -0.999. The van der Waals surface area contributed by atoms with Crippen LogP contribution in [0.4, 0.5) is 13.2 Å². The summed E-state index contributed by atoms with van der Waals surface area (Å²) in [5, 5.41) is 0. The van der Waals surface area contributed by atoms with Crippen molar-refractivity contribution in [3.8, 4) is 0 Å². The quantitative estimate of drug-likeness (QED) is 0.714.